The van der Waals surface area contributed by atoms with Crippen LogP contribution in [0.15, 0.2) is 0 Å². The Morgan fingerprint density at radius 1 is 1.44 bits per heavy atom. The number of carbonyl (C=O) groups is 1. The topological polar surface area (TPSA) is 76.1 Å². The first-order valence-corrected chi connectivity index (χ1v) is 6.92. The number of hydrogen-bond acceptors (Lipinski definition) is 6. The van der Waals surface area contributed by atoms with Crippen molar-refractivity contribution in [2.24, 2.45) is 5.92 Å². The molecule has 100 valence electrons. The summed E-state index contributed by atoms with van der Waals surface area (Å²) in [6, 6.07) is 0.142. The molecule has 1 aromatic heterocycles. The second-order valence-corrected chi connectivity index (χ2v) is 5.35. The number of rotatable bonds is 4. The zero-order valence-corrected chi connectivity index (χ0v) is 11.4. The molecule has 0 spiro atoms. The maximum Gasteiger partial charge on any atom is 0.282 e. The molecule has 1 aliphatic heterocycles. The van der Waals surface area contributed by atoms with Gasteiger partial charge < -0.3 is 15.4 Å². The average molecular weight is 270 g/mol. The SMILES string of the molecule is CNc1nnc(C(=O)NC(C)C2CCOCC2)s1. The molecule has 0 radical (unpaired) electrons. The molecule has 1 saturated heterocycles. The first-order chi connectivity index (χ1) is 8.70. The van der Waals surface area contributed by atoms with Crippen LogP contribution < -0.4 is 10.6 Å². The van der Waals surface area contributed by atoms with E-state index >= 15 is 0 Å². The number of amides is 1. The highest BCUT2D eigenvalue weighted by molar-refractivity contribution is 7.17. The van der Waals surface area contributed by atoms with Crippen LogP contribution >= 0.6 is 11.3 Å². The molecule has 2 rings (SSSR count). The van der Waals surface area contributed by atoms with Crippen LogP contribution in [0.25, 0.3) is 0 Å². The Hall–Kier alpha value is -1.21. The molecule has 0 aromatic carbocycles. The minimum Gasteiger partial charge on any atom is -0.381 e. The zero-order valence-electron chi connectivity index (χ0n) is 10.6. The lowest BCUT2D eigenvalue weighted by Gasteiger charge is -2.27. The molecule has 1 aliphatic rings. The third-order valence-electron chi connectivity index (χ3n) is 3.16. The highest BCUT2D eigenvalue weighted by atomic mass is 32.1. The maximum absolute atomic E-state index is 12.0. The molecule has 1 aromatic rings. The summed E-state index contributed by atoms with van der Waals surface area (Å²) in [4.78, 5) is 12.0. The third-order valence-corrected chi connectivity index (χ3v) is 4.10. The highest BCUT2D eigenvalue weighted by Crippen LogP contribution is 2.19. The molecule has 0 aliphatic carbocycles. The van der Waals surface area contributed by atoms with E-state index in [2.05, 4.69) is 20.8 Å². The van der Waals surface area contributed by atoms with Crippen LogP contribution in [0.5, 0.6) is 0 Å². The molecular formula is C11H18N4O2S. The lowest BCUT2D eigenvalue weighted by Crippen LogP contribution is -2.40. The van der Waals surface area contributed by atoms with Gasteiger partial charge in [0.2, 0.25) is 10.1 Å². The van der Waals surface area contributed by atoms with Gasteiger partial charge in [0, 0.05) is 26.3 Å². The molecule has 1 unspecified atom stereocenters. The zero-order chi connectivity index (χ0) is 13.0. The Balaban J connectivity index is 1.89. The lowest BCUT2D eigenvalue weighted by atomic mass is 9.93. The smallest absolute Gasteiger partial charge is 0.282 e. The Morgan fingerprint density at radius 2 is 2.17 bits per heavy atom. The molecule has 1 atom stereocenters. The van der Waals surface area contributed by atoms with Gasteiger partial charge in [0.25, 0.3) is 5.91 Å². The molecule has 2 N–H and O–H groups in total. The molecule has 18 heavy (non-hydrogen) atoms. The van der Waals surface area contributed by atoms with Crippen molar-refractivity contribution in [1.82, 2.24) is 15.5 Å². The summed E-state index contributed by atoms with van der Waals surface area (Å²) in [5.74, 6) is 0.340. The number of nitrogens with zero attached hydrogens (tertiary/aromatic N) is 2. The quantitative estimate of drug-likeness (QED) is 0.857. The molecule has 7 heteroatoms. The van der Waals surface area contributed by atoms with Crippen molar-refractivity contribution in [1.29, 1.82) is 0 Å². The Labute approximate surface area is 110 Å². The van der Waals surface area contributed by atoms with Crippen LogP contribution in [0.3, 0.4) is 0 Å². The van der Waals surface area contributed by atoms with Gasteiger partial charge >= 0.3 is 0 Å². The van der Waals surface area contributed by atoms with Crippen LogP contribution in [0, 0.1) is 5.92 Å². The fraction of sp³-hybridized carbons (Fsp3) is 0.727. The van der Waals surface area contributed by atoms with Gasteiger partial charge in [0.15, 0.2) is 0 Å². The Bertz CT molecular complexity index is 404. The van der Waals surface area contributed by atoms with Crippen LogP contribution in [-0.2, 0) is 4.74 Å². The predicted molar refractivity (Wildman–Crippen MR) is 69.9 cm³/mol. The predicted octanol–water partition coefficient (Wildman–Crippen LogP) is 1.12. The summed E-state index contributed by atoms with van der Waals surface area (Å²) in [6.45, 7) is 3.61. The summed E-state index contributed by atoms with van der Waals surface area (Å²) < 4.78 is 5.32. The first-order valence-electron chi connectivity index (χ1n) is 6.10. The van der Waals surface area contributed by atoms with E-state index in [1.54, 1.807) is 7.05 Å². The number of anilines is 1. The normalized spacial score (nSPS) is 18.3. The monoisotopic (exact) mass is 270 g/mol. The molecule has 0 saturated carbocycles. The molecule has 0 bridgehead atoms. The lowest BCUT2D eigenvalue weighted by molar-refractivity contribution is 0.0538. The first kappa shape index (κ1) is 13.2. The standard InChI is InChI=1S/C11H18N4O2S/c1-7(8-3-5-17-6-4-8)13-9(16)10-14-15-11(12-2)18-10/h7-8H,3-6H2,1-2H3,(H,12,15)(H,13,16). The van der Waals surface area contributed by atoms with Crippen molar-refractivity contribution in [2.75, 3.05) is 25.6 Å². The van der Waals surface area contributed by atoms with Gasteiger partial charge in [-0.3, -0.25) is 4.79 Å². The summed E-state index contributed by atoms with van der Waals surface area (Å²) in [6.07, 6.45) is 2.00. The van der Waals surface area contributed by atoms with Crippen LogP contribution in [0.1, 0.15) is 29.6 Å². The van der Waals surface area contributed by atoms with Crippen molar-refractivity contribution in [3.8, 4) is 0 Å². The number of hydrogen-bond donors (Lipinski definition) is 2. The number of aromatic nitrogens is 2. The van der Waals surface area contributed by atoms with E-state index in [0.29, 0.717) is 16.1 Å². The minimum atomic E-state index is -0.145. The third kappa shape index (κ3) is 3.17. The Kier molecular flexibility index (Phi) is 4.48. The summed E-state index contributed by atoms with van der Waals surface area (Å²) in [5, 5.41) is 14.6. The molecule has 1 fully saturated rings. The van der Waals surface area contributed by atoms with E-state index in [1.807, 2.05) is 6.92 Å². The highest BCUT2D eigenvalue weighted by Gasteiger charge is 2.23. The second-order valence-electron chi connectivity index (χ2n) is 4.37. The van der Waals surface area contributed by atoms with Crippen molar-refractivity contribution in [3.05, 3.63) is 5.01 Å². The van der Waals surface area contributed by atoms with Gasteiger partial charge in [-0.1, -0.05) is 11.3 Å². The van der Waals surface area contributed by atoms with E-state index in [0.717, 1.165) is 26.1 Å². The summed E-state index contributed by atoms with van der Waals surface area (Å²) in [7, 11) is 1.76. The number of nitrogens with one attached hydrogen (secondary N) is 2. The van der Waals surface area contributed by atoms with E-state index in [4.69, 9.17) is 4.74 Å². The number of carbonyl (C=O) groups excluding carboxylic acids is 1. The second kappa shape index (κ2) is 6.10. The minimum absolute atomic E-state index is 0.142. The fourth-order valence-corrected chi connectivity index (χ4v) is 2.62. The Morgan fingerprint density at radius 3 is 2.78 bits per heavy atom. The van der Waals surface area contributed by atoms with Gasteiger partial charge in [0.05, 0.1) is 0 Å². The van der Waals surface area contributed by atoms with Crippen molar-refractivity contribution in [2.45, 2.75) is 25.8 Å². The van der Waals surface area contributed by atoms with E-state index in [1.165, 1.54) is 11.3 Å². The van der Waals surface area contributed by atoms with Gasteiger partial charge in [-0.15, -0.1) is 10.2 Å². The van der Waals surface area contributed by atoms with Crippen LogP contribution in [-0.4, -0.2) is 42.4 Å². The van der Waals surface area contributed by atoms with Crippen LogP contribution in [0.4, 0.5) is 5.13 Å². The molecular weight excluding hydrogens is 252 g/mol. The number of ether oxygens (including phenoxy) is 1. The maximum atomic E-state index is 12.0. The largest absolute Gasteiger partial charge is 0.381 e. The summed E-state index contributed by atoms with van der Waals surface area (Å²) >= 11 is 1.26. The van der Waals surface area contributed by atoms with Crippen LogP contribution in [0.2, 0.25) is 0 Å². The van der Waals surface area contributed by atoms with E-state index in [9.17, 15) is 4.79 Å². The van der Waals surface area contributed by atoms with Crippen molar-refractivity contribution in [3.63, 3.8) is 0 Å². The van der Waals surface area contributed by atoms with Crippen molar-refractivity contribution >= 4 is 22.4 Å². The van der Waals surface area contributed by atoms with Gasteiger partial charge in [-0.2, -0.15) is 0 Å². The van der Waals surface area contributed by atoms with Crippen molar-refractivity contribution < 1.29 is 9.53 Å². The molecule has 2 heterocycles. The van der Waals surface area contributed by atoms with Gasteiger partial charge in [-0.25, -0.2) is 0 Å². The van der Waals surface area contributed by atoms with Gasteiger partial charge in [-0.05, 0) is 25.7 Å². The molecule has 1 amide bonds. The van der Waals surface area contributed by atoms with Gasteiger partial charge in [0.1, 0.15) is 0 Å². The fourth-order valence-electron chi connectivity index (χ4n) is 2.02. The van der Waals surface area contributed by atoms with E-state index < -0.39 is 0 Å². The average Bonchev–Trinajstić information content (AvgIpc) is 2.88. The van der Waals surface area contributed by atoms with E-state index in [-0.39, 0.29) is 11.9 Å². The molecule has 6 nitrogen and oxygen atoms in total. The summed E-state index contributed by atoms with van der Waals surface area (Å²) in [5.41, 5.74) is 0.